The molecule has 0 rings (SSSR count). The first-order valence-corrected chi connectivity index (χ1v) is 8.91. The number of carbonyl (C=O) groups is 2. The number of hydrogen-bond acceptors (Lipinski definition) is 4. The first kappa shape index (κ1) is 19.7. The van der Waals surface area contributed by atoms with Crippen molar-refractivity contribution >= 4 is 21.8 Å². The van der Waals surface area contributed by atoms with E-state index in [0.717, 1.165) is 6.26 Å². The number of rotatable bonds is 9. The predicted octanol–water partition coefficient (Wildman–Crippen LogP) is 1.000. The Labute approximate surface area is 126 Å². The van der Waals surface area contributed by atoms with Crippen molar-refractivity contribution in [2.24, 2.45) is 5.41 Å². The average Bonchev–Trinajstić information content (AvgIpc) is 2.23. The topological polar surface area (TPSA) is 113 Å². The number of amides is 2. The van der Waals surface area contributed by atoms with Gasteiger partial charge in [0.1, 0.15) is 9.84 Å². The largest absolute Gasteiger partial charge is 0.481 e. The van der Waals surface area contributed by atoms with Crippen molar-refractivity contribution in [3.8, 4) is 0 Å². The van der Waals surface area contributed by atoms with Gasteiger partial charge in [0, 0.05) is 25.3 Å². The minimum absolute atomic E-state index is 0.102. The normalized spacial score (nSPS) is 13.5. The van der Waals surface area contributed by atoms with Crippen LogP contribution < -0.4 is 10.6 Å². The number of carboxylic acid groups (broad SMARTS) is 1. The molecule has 0 saturated heterocycles. The quantitative estimate of drug-likeness (QED) is 0.586. The van der Waals surface area contributed by atoms with Crippen LogP contribution in [0.5, 0.6) is 0 Å². The van der Waals surface area contributed by atoms with Gasteiger partial charge in [0.15, 0.2) is 0 Å². The van der Waals surface area contributed by atoms with Crippen LogP contribution in [0.15, 0.2) is 0 Å². The van der Waals surface area contributed by atoms with Crippen molar-refractivity contribution in [1.82, 2.24) is 10.6 Å². The van der Waals surface area contributed by atoms with E-state index in [0.29, 0.717) is 19.4 Å². The van der Waals surface area contributed by atoms with Crippen LogP contribution >= 0.6 is 0 Å². The molecule has 0 bridgehead atoms. The van der Waals surface area contributed by atoms with E-state index in [-0.39, 0.29) is 17.6 Å². The van der Waals surface area contributed by atoms with E-state index in [1.165, 1.54) is 0 Å². The molecule has 124 valence electrons. The highest BCUT2D eigenvalue weighted by atomic mass is 32.2. The number of hydrogen-bond donors (Lipinski definition) is 3. The van der Waals surface area contributed by atoms with Crippen molar-refractivity contribution in [3.05, 3.63) is 0 Å². The number of sulfone groups is 1. The first-order valence-electron chi connectivity index (χ1n) is 6.85. The molecule has 0 aromatic rings. The van der Waals surface area contributed by atoms with Crippen molar-refractivity contribution in [3.63, 3.8) is 0 Å². The van der Waals surface area contributed by atoms with Gasteiger partial charge in [-0.15, -0.1) is 0 Å². The standard InChI is InChI=1S/C13H26N2O5S/c1-10(9-21(4,19)20)15-12(18)14-8-7-13(2,3)6-5-11(16)17/h10H,5-9H2,1-4H3,(H,16,17)(H2,14,15,18). The first-order chi connectivity index (χ1) is 9.41. The summed E-state index contributed by atoms with van der Waals surface area (Å²) in [5, 5.41) is 13.9. The Hall–Kier alpha value is -1.31. The van der Waals surface area contributed by atoms with Gasteiger partial charge in [0.2, 0.25) is 0 Å². The summed E-state index contributed by atoms with van der Waals surface area (Å²) in [6.45, 7) is 5.92. The van der Waals surface area contributed by atoms with Crippen molar-refractivity contribution in [2.75, 3.05) is 18.6 Å². The molecule has 1 unspecified atom stereocenters. The third-order valence-electron chi connectivity index (χ3n) is 3.03. The molecule has 0 fully saturated rings. The van der Waals surface area contributed by atoms with Crippen LogP contribution in [0.3, 0.4) is 0 Å². The molecule has 3 N–H and O–H groups in total. The summed E-state index contributed by atoms with van der Waals surface area (Å²) in [7, 11) is -3.13. The van der Waals surface area contributed by atoms with E-state index in [9.17, 15) is 18.0 Å². The molecule has 7 nitrogen and oxygen atoms in total. The minimum atomic E-state index is -3.13. The van der Waals surface area contributed by atoms with E-state index in [1.807, 2.05) is 13.8 Å². The lowest BCUT2D eigenvalue weighted by Crippen LogP contribution is -2.44. The van der Waals surface area contributed by atoms with Crippen LogP contribution in [0.4, 0.5) is 4.79 Å². The Bertz CT molecular complexity index is 459. The molecule has 0 heterocycles. The molecule has 21 heavy (non-hydrogen) atoms. The van der Waals surface area contributed by atoms with E-state index < -0.39 is 27.9 Å². The molecule has 0 aliphatic heterocycles. The summed E-state index contributed by atoms with van der Waals surface area (Å²) in [6.07, 6.45) is 2.41. The molecule has 1 atom stereocenters. The Kier molecular flexibility index (Phi) is 7.70. The molecule has 0 aliphatic rings. The molecular weight excluding hydrogens is 296 g/mol. The molecular formula is C13H26N2O5S. The van der Waals surface area contributed by atoms with Crippen LogP contribution in [0.1, 0.15) is 40.0 Å². The minimum Gasteiger partial charge on any atom is -0.481 e. The van der Waals surface area contributed by atoms with Crippen LogP contribution in [-0.2, 0) is 14.6 Å². The number of aliphatic carboxylic acids is 1. The van der Waals surface area contributed by atoms with Gasteiger partial charge in [0.25, 0.3) is 0 Å². The monoisotopic (exact) mass is 322 g/mol. The maximum Gasteiger partial charge on any atom is 0.315 e. The summed E-state index contributed by atoms with van der Waals surface area (Å²) in [6, 6.07) is -0.875. The summed E-state index contributed by atoms with van der Waals surface area (Å²) in [5.74, 6) is -0.937. The fourth-order valence-corrected chi connectivity index (χ4v) is 2.85. The zero-order valence-corrected chi connectivity index (χ0v) is 13.9. The van der Waals surface area contributed by atoms with E-state index in [2.05, 4.69) is 10.6 Å². The lowest BCUT2D eigenvalue weighted by Gasteiger charge is -2.24. The van der Waals surface area contributed by atoms with E-state index in [4.69, 9.17) is 5.11 Å². The van der Waals surface area contributed by atoms with Gasteiger partial charge in [-0.1, -0.05) is 13.8 Å². The van der Waals surface area contributed by atoms with Crippen LogP contribution in [0, 0.1) is 5.41 Å². The second-order valence-electron chi connectivity index (χ2n) is 6.20. The molecule has 8 heteroatoms. The average molecular weight is 322 g/mol. The fraction of sp³-hybridized carbons (Fsp3) is 0.846. The Morgan fingerprint density at radius 3 is 2.29 bits per heavy atom. The number of urea groups is 1. The third kappa shape index (κ3) is 12.2. The summed E-state index contributed by atoms with van der Waals surface area (Å²) in [5.41, 5.74) is -0.177. The van der Waals surface area contributed by atoms with Gasteiger partial charge in [-0.25, -0.2) is 13.2 Å². The highest BCUT2D eigenvalue weighted by Crippen LogP contribution is 2.25. The lowest BCUT2D eigenvalue weighted by atomic mass is 9.84. The van der Waals surface area contributed by atoms with E-state index >= 15 is 0 Å². The second kappa shape index (κ2) is 8.21. The molecule has 0 aromatic carbocycles. The third-order valence-corrected chi connectivity index (χ3v) is 4.14. The van der Waals surface area contributed by atoms with Crippen molar-refractivity contribution < 1.29 is 23.1 Å². The van der Waals surface area contributed by atoms with Crippen molar-refractivity contribution in [1.29, 1.82) is 0 Å². The second-order valence-corrected chi connectivity index (χ2v) is 8.39. The van der Waals surface area contributed by atoms with Crippen LogP contribution in [0.2, 0.25) is 0 Å². The maximum absolute atomic E-state index is 11.6. The van der Waals surface area contributed by atoms with E-state index in [1.54, 1.807) is 6.92 Å². The number of carboxylic acids is 1. The van der Waals surface area contributed by atoms with Gasteiger partial charge in [-0.3, -0.25) is 4.79 Å². The number of nitrogens with one attached hydrogen (secondary N) is 2. The summed E-state index contributed by atoms with van der Waals surface area (Å²) < 4.78 is 22.2. The molecule has 0 saturated carbocycles. The number of carbonyl (C=O) groups excluding carboxylic acids is 1. The zero-order chi connectivity index (χ0) is 16.7. The van der Waals surface area contributed by atoms with Crippen molar-refractivity contribution in [2.45, 2.75) is 46.1 Å². The lowest BCUT2D eigenvalue weighted by molar-refractivity contribution is -0.137. The van der Waals surface area contributed by atoms with Crippen LogP contribution in [0.25, 0.3) is 0 Å². The highest BCUT2D eigenvalue weighted by molar-refractivity contribution is 7.90. The summed E-state index contributed by atoms with van der Waals surface area (Å²) in [4.78, 5) is 22.1. The molecule has 0 aliphatic carbocycles. The zero-order valence-electron chi connectivity index (χ0n) is 13.1. The highest BCUT2D eigenvalue weighted by Gasteiger charge is 2.19. The smallest absolute Gasteiger partial charge is 0.315 e. The van der Waals surface area contributed by atoms with Gasteiger partial charge >= 0.3 is 12.0 Å². The van der Waals surface area contributed by atoms with Gasteiger partial charge in [-0.2, -0.15) is 0 Å². The Balaban J connectivity index is 4.01. The molecule has 2 amide bonds. The Morgan fingerprint density at radius 1 is 1.24 bits per heavy atom. The predicted molar refractivity (Wildman–Crippen MR) is 81.0 cm³/mol. The molecule has 0 radical (unpaired) electrons. The molecule has 0 aromatic heterocycles. The van der Waals surface area contributed by atoms with Gasteiger partial charge < -0.3 is 15.7 Å². The van der Waals surface area contributed by atoms with Gasteiger partial charge in [0.05, 0.1) is 5.75 Å². The Morgan fingerprint density at radius 2 is 1.81 bits per heavy atom. The van der Waals surface area contributed by atoms with Gasteiger partial charge in [-0.05, 0) is 25.2 Å². The maximum atomic E-state index is 11.6. The fourth-order valence-electron chi connectivity index (χ4n) is 1.86. The molecule has 0 spiro atoms. The summed E-state index contributed by atoms with van der Waals surface area (Å²) >= 11 is 0. The SMILES string of the molecule is CC(CS(C)(=O)=O)NC(=O)NCCC(C)(C)CCC(=O)O. The van der Waals surface area contributed by atoms with Crippen LogP contribution in [-0.4, -0.2) is 50.1 Å².